The molecule has 0 spiro atoms. The number of ether oxygens (including phenoxy) is 1. The van der Waals surface area contributed by atoms with E-state index in [2.05, 4.69) is 10.3 Å². The molecule has 0 saturated carbocycles. The van der Waals surface area contributed by atoms with Crippen LogP contribution in [0.4, 0.5) is 0 Å². The van der Waals surface area contributed by atoms with Gasteiger partial charge in [-0.2, -0.15) is 0 Å². The summed E-state index contributed by atoms with van der Waals surface area (Å²) in [6, 6.07) is 15.9. The summed E-state index contributed by atoms with van der Waals surface area (Å²) in [6.07, 6.45) is 3.32. The molecule has 2 heterocycles. The lowest BCUT2D eigenvalue weighted by atomic mass is 10.1. The molecule has 1 N–H and O–H groups in total. The van der Waals surface area contributed by atoms with Crippen molar-refractivity contribution in [3.05, 3.63) is 90.1 Å². The Bertz CT molecular complexity index is 817. The minimum absolute atomic E-state index is 0.0322. The monoisotopic (exact) mass is 336 g/mol. The van der Waals surface area contributed by atoms with E-state index < -0.39 is 18.0 Å². The first-order chi connectivity index (χ1) is 12.2. The second-order valence-corrected chi connectivity index (χ2v) is 5.25. The number of esters is 1. The third-order valence-electron chi connectivity index (χ3n) is 3.48. The van der Waals surface area contributed by atoms with Gasteiger partial charge in [-0.3, -0.25) is 9.78 Å². The molecule has 2 aromatic heterocycles. The van der Waals surface area contributed by atoms with Crippen molar-refractivity contribution in [2.45, 2.75) is 12.6 Å². The van der Waals surface area contributed by atoms with Crippen molar-refractivity contribution < 1.29 is 18.7 Å². The highest BCUT2D eigenvalue weighted by atomic mass is 16.6. The highest BCUT2D eigenvalue weighted by Gasteiger charge is 2.26. The van der Waals surface area contributed by atoms with Crippen LogP contribution in [0.1, 0.15) is 27.8 Å². The summed E-state index contributed by atoms with van der Waals surface area (Å²) >= 11 is 0. The number of benzene rings is 1. The third-order valence-corrected chi connectivity index (χ3v) is 3.48. The zero-order chi connectivity index (χ0) is 17.5. The van der Waals surface area contributed by atoms with Crippen LogP contribution < -0.4 is 5.32 Å². The third kappa shape index (κ3) is 4.32. The zero-order valence-electron chi connectivity index (χ0n) is 13.3. The molecule has 1 amide bonds. The maximum atomic E-state index is 12.6. The van der Waals surface area contributed by atoms with Crippen LogP contribution in [-0.2, 0) is 16.1 Å². The largest absolute Gasteiger partial charge is 0.457 e. The lowest BCUT2D eigenvalue weighted by Crippen LogP contribution is -2.31. The lowest BCUT2D eigenvalue weighted by Gasteiger charge is -2.17. The summed E-state index contributed by atoms with van der Waals surface area (Å²) in [6.45, 7) is 0.328. The van der Waals surface area contributed by atoms with E-state index in [-0.39, 0.29) is 5.76 Å². The number of hydrogen-bond donors (Lipinski definition) is 1. The number of nitrogens with one attached hydrogen (secondary N) is 1. The van der Waals surface area contributed by atoms with Gasteiger partial charge in [0.25, 0.3) is 5.91 Å². The Morgan fingerprint density at radius 1 is 1.08 bits per heavy atom. The summed E-state index contributed by atoms with van der Waals surface area (Å²) in [5, 5.41) is 2.77. The van der Waals surface area contributed by atoms with Crippen molar-refractivity contribution in [1.29, 1.82) is 0 Å². The number of amides is 1. The Morgan fingerprint density at radius 2 is 1.92 bits per heavy atom. The molecule has 0 radical (unpaired) electrons. The zero-order valence-corrected chi connectivity index (χ0v) is 13.3. The van der Waals surface area contributed by atoms with Gasteiger partial charge in [0, 0.05) is 24.5 Å². The molecule has 0 fully saturated rings. The molecule has 0 saturated heterocycles. The molecular formula is C19H16N2O4. The number of rotatable bonds is 6. The van der Waals surface area contributed by atoms with Crippen molar-refractivity contribution in [2.75, 3.05) is 0 Å². The van der Waals surface area contributed by atoms with Gasteiger partial charge in [-0.1, -0.05) is 36.4 Å². The predicted molar refractivity (Wildman–Crippen MR) is 89.4 cm³/mol. The number of pyridine rings is 1. The molecule has 126 valence electrons. The van der Waals surface area contributed by atoms with Gasteiger partial charge in [0.1, 0.15) is 0 Å². The van der Waals surface area contributed by atoms with Gasteiger partial charge in [0.2, 0.25) is 11.9 Å². The molecular weight excluding hydrogens is 320 g/mol. The van der Waals surface area contributed by atoms with Crippen LogP contribution >= 0.6 is 0 Å². The van der Waals surface area contributed by atoms with Crippen LogP contribution in [0.25, 0.3) is 0 Å². The fourth-order valence-corrected chi connectivity index (χ4v) is 2.24. The van der Waals surface area contributed by atoms with E-state index in [1.807, 2.05) is 30.3 Å². The first-order valence-electron chi connectivity index (χ1n) is 7.70. The average Bonchev–Trinajstić information content (AvgIpc) is 3.20. The molecule has 1 atom stereocenters. The highest BCUT2D eigenvalue weighted by Crippen LogP contribution is 2.19. The first-order valence-corrected chi connectivity index (χ1v) is 7.70. The number of hydrogen-bond acceptors (Lipinski definition) is 5. The number of aromatic nitrogens is 1. The van der Waals surface area contributed by atoms with Crippen LogP contribution in [0.2, 0.25) is 0 Å². The second-order valence-electron chi connectivity index (χ2n) is 5.25. The summed E-state index contributed by atoms with van der Waals surface area (Å²) in [7, 11) is 0. The maximum Gasteiger partial charge on any atom is 0.375 e. The van der Waals surface area contributed by atoms with E-state index >= 15 is 0 Å². The van der Waals surface area contributed by atoms with Gasteiger partial charge in [0.05, 0.1) is 6.26 Å². The number of furan rings is 1. The van der Waals surface area contributed by atoms with Crippen LogP contribution in [0.3, 0.4) is 0 Å². The van der Waals surface area contributed by atoms with Crippen LogP contribution in [0, 0.1) is 0 Å². The summed E-state index contributed by atoms with van der Waals surface area (Å²) in [5.41, 5.74) is 1.42. The Hall–Kier alpha value is -3.41. The van der Waals surface area contributed by atoms with Crippen LogP contribution in [0.5, 0.6) is 0 Å². The second kappa shape index (κ2) is 7.92. The van der Waals surface area contributed by atoms with Crippen molar-refractivity contribution >= 4 is 11.9 Å². The Kier molecular flexibility index (Phi) is 5.21. The van der Waals surface area contributed by atoms with Crippen LogP contribution in [0.15, 0.2) is 77.7 Å². The fraction of sp³-hybridized carbons (Fsp3) is 0.105. The van der Waals surface area contributed by atoms with Crippen molar-refractivity contribution in [3.63, 3.8) is 0 Å². The maximum absolute atomic E-state index is 12.6. The SMILES string of the molecule is O=C(OC(C(=O)NCc1ccccc1)c1cccnc1)c1ccco1. The quantitative estimate of drug-likeness (QED) is 0.700. The molecule has 0 aliphatic carbocycles. The van der Waals surface area contributed by atoms with E-state index in [0.29, 0.717) is 12.1 Å². The molecule has 0 bridgehead atoms. The number of nitrogens with zero attached hydrogens (tertiary/aromatic N) is 1. The van der Waals surface area contributed by atoms with Gasteiger partial charge in [-0.25, -0.2) is 4.79 Å². The summed E-state index contributed by atoms with van der Waals surface area (Å²) in [5.74, 6) is -1.12. The first kappa shape index (κ1) is 16.4. The van der Waals surface area contributed by atoms with E-state index in [4.69, 9.17) is 9.15 Å². The Labute approximate surface area is 144 Å². The average molecular weight is 336 g/mol. The Morgan fingerprint density at radius 3 is 2.60 bits per heavy atom. The molecule has 3 aromatic rings. The lowest BCUT2D eigenvalue weighted by molar-refractivity contribution is -0.130. The highest BCUT2D eigenvalue weighted by molar-refractivity contribution is 5.90. The summed E-state index contributed by atoms with van der Waals surface area (Å²) < 4.78 is 10.4. The molecule has 25 heavy (non-hydrogen) atoms. The van der Waals surface area contributed by atoms with Crippen molar-refractivity contribution in [2.24, 2.45) is 0 Å². The minimum atomic E-state index is -1.12. The minimum Gasteiger partial charge on any atom is -0.457 e. The molecule has 6 nitrogen and oxygen atoms in total. The van der Waals surface area contributed by atoms with Crippen molar-refractivity contribution in [1.82, 2.24) is 10.3 Å². The van der Waals surface area contributed by atoms with E-state index in [0.717, 1.165) is 5.56 Å². The summed E-state index contributed by atoms with van der Waals surface area (Å²) in [4.78, 5) is 28.7. The van der Waals surface area contributed by atoms with Gasteiger partial charge in [-0.15, -0.1) is 0 Å². The van der Waals surface area contributed by atoms with Gasteiger partial charge in [-0.05, 0) is 23.8 Å². The topological polar surface area (TPSA) is 81.4 Å². The number of carbonyl (C=O) groups excluding carboxylic acids is 2. The molecule has 0 aliphatic heterocycles. The van der Waals surface area contributed by atoms with E-state index in [9.17, 15) is 9.59 Å². The van der Waals surface area contributed by atoms with Gasteiger partial charge < -0.3 is 14.5 Å². The molecule has 1 unspecified atom stereocenters. The fourth-order valence-electron chi connectivity index (χ4n) is 2.24. The van der Waals surface area contributed by atoms with Gasteiger partial charge >= 0.3 is 5.97 Å². The Balaban J connectivity index is 1.74. The van der Waals surface area contributed by atoms with Gasteiger partial charge in [0.15, 0.2) is 0 Å². The molecule has 6 heteroatoms. The molecule has 3 rings (SSSR count). The normalized spacial score (nSPS) is 11.5. The molecule has 1 aromatic carbocycles. The van der Waals surface area contributed by atoms with Crippen molar-refractivity contribution in [3.8, 4) is 0 Å². The molecule has 0 aliphatic rings. The standard InChI is InChI=1S/C19H16N2O4/c22-18(21-12-14-6-2-1-3-7-14)17(15-8-4-10-20-13-15)25-19(23)16-9-5-11-24-16/h1-11,13,17H,12H2,(H,21,22). The van der Waals surface area contributed by atoms with E-state index in [1.165, 1.54) is 18.5 Å². The number of carbonyl (C=O) groups is 2. The van der Waals surface area contributed by atoms with Crippen LogP contribution in [-0.4, -0.2) is 16.9 Å². The predicted octanol–water partition coefficient (Wildman–Crippen LogP) is 2.89. The van der Waals surface area contributed by atoms with E-state index in [1.54, 1.807) is 24.4 Å². The smallest absolute Gasteiger partial charge is 0.375 e.